The molecular weight excluding hydrogens is 391 g/mol. The first kappa shape index (κ1) is 18.3. The van der Waals surface area contributed by atoms with Crippen LogP contribution < -0.4 is 10.6 Å². The minimum absolute atomic E-state index is 0. The molecule has 22 heavy (non-hydrogen) atoms. The van der Waals surface area contributed by atoms with E-state index in [9.17, 15) is 5.11 Å². The summed E-state index contributed by atoms with van der Waals surface area (Å²) in [6.45, 7) is 2.96. The first-order chi connectivity index (χ1) is 10.2. The van der Waals surface area contributed by atoms with Crippen molar-refractivity contribution in [2.24, 2.45) is 4.99 Å². The number of nitrogens with zero attached hydrogens (tertiary/aromatic N) is 2. The molecule has 1 unspecified atom stereocenters. The lowest BCUT2D eigenvalue weighted by Crippen LogP contribution is -2.52. The number of nitrogens with one attached hydrogen (secondary N) is 2. The summed E-state index contributed by atoms with van der Waals surface area (Å²) in [5.41, 5.74) is -0.497. The number of halogens is 1. The zero-order chi connectivity index (χ0) is 14.7. The second-order valence-corrected chi connectivity index (χ2v) is 7.07. The molecule has 2 saturated carbocycles. The predicted molar refractivity (Wildman–Crippen MR) is 101 cm³/mol. The van der Waals surface area contributed by atoms with Crippen LogP contribution >= 0.6 is 24.0 Å². The predicted octanol–water partition coefficient (Wildman–Crippen LogP) is 1.70. The van der Waals surface area contributed by atoms with Crippen LogP contribution in [0.1, 0.15) is 51.4 Å². The van der Waals surface area contributed by atoms with Crippen molar-refractivity contribution in [2.75, 3.05) is 26.7 Å². The van der Waals surface area contributed by atoms with Crippen LogP contribution in [0.5, 0.6) is 0 Å². The summed E-state index contributed by atoms with van der Waals surface area (Å²) in [6.07, 6.45) is 9.73. The Labute approximate surface area is 151 Å². The summed E-state index contributed by atoms with van der Waals surface area (Å²) in [6, 6.07) is 1.32. The largest absolute Gasteiger partial charge is 0.388 e. The third-order valence-corrected chi connectivity index (χ3v) is 5.49. The van der Waals surface area contributed by atoms with Gasteiger partial charge in [0.15, 0.2) is 5.96 Å². The van der Waals surface area contributed by atoms with Gasteiger partial charge in [-0.15, -0.1) is 24.0 Å². The number of guanidine groups is 1. The molecule has 3 aliphatic rings. The Morgan fingerprint density at radius 3 is 2.55 bits per heavy atom. The lowest BCUT2D eigenvalue weighted by Gasteiger charge is -2.37. The maximum Gasteiger partial charge on any atom is 0.191 e. The van der Waals surface area contributed by atoms with Gasteiger partial charge in [0.25, 0.3) is 0 Å². The third-order valence-electron chi connectivity index (χ3n) is 5.49. The maximum absolute atomic E-state index is 10.1. The van der Waals surface area contributed by atoms with E-state index in [2.05, 4.69) is 20.5 Å². The first-order valence-corrected chi connectivity index (χ1v) is 8.62. The van der Waals surface area contributed by atoms with Crippen molar-refractivity contribution in [3.8, 4) is 0 Å². The highest BCUT2D eigenvalue weighted by molar-refractivity contribution is 14.0. The summed E-state index contributed by atoms with van der Waals surface area (Å²) in [5, 5.41) is 17.0. The second-order valence-electron chi connectivity index (χ2n) is 7.07. The first-order valence-electron chi connectivity index (χ1n) is 8.62. The Hall–Kier alpha value is -0.0800. The highest BCUT2D eigenvalue weighted by Gasteiger charge is 2.35. The van der Waals surface area contributed by atoms with Gasteiger partial charge in [-0.1, -0.05) is 12.8 Å². The van der Waals surface area contributed by atoms with Gasteiger partial charge in [-0.2, -0.15) is 0 Å². The molecule has 0 radical (unpaired) electrons. The number of likely N-dealkylation sites (tertiary alicyclic amines) is 1. The highest BCUT2D eigenvalue weighted by atomic mass is 127. The van der Waals surface area contributed by atoms with Gasteiger partial charge in [-0.25, -0.2) is 0 Å². The van der Waals surface area contributed by atoms with Crippen molar-refractivity contribution in [3.63, 3.8) is 0 Å². The summed E-state index contributed by atoms with van der Waals surface area (Å²) in [7, 11) is 1.81. The van der Waals surface area contributed by atoms with Crippen LogP contribution in [0.3, 0.4) is 0 Å². The Bertz CT molecular complexity index is 380. The maximum atomic E-state index is 10.1. The fraction of sp³-hybridized carbons (Fsp3) is 0.938. The van der Waals surface area contributed by atoms with E-state index < -0.39 is 5.60 Å². The van der Waals surface area contributed by atoms with Crippen molar-refractivity contribution in [3.05, 3.63) is 0 Å². The van der Waals surface area contributed by atoms with Gasteiger partial charge in [0, 0.05) is 38.8 Å². The van der Waals surface area contributed by atoms with E-state index in [-0.39, 0.29) is 24.0 Å². The van der Waals surface area contributed by atoms with Crippen molar-refractivity contribution in [2.45, 2.75) is 69.1 Å². The Balaban J connectivity index is 0.00000176. The van der Waals surface area contributed by atoms with E-state index in [4.69, 9.17) is 0 Å². The molecule has 6 heteroatoms. The summed E-state index contributed by atoms with van der Waals surface area (Å²) in [4.78, 5) is 6.95. The van der Waals surface area contributed by atoms with Crippen molar-refractivity contribution >= 4 is 29.9 Å². The number of aliphatic hydroxyl groups is 1. The molecule has 1 atom stereocenters. The SMILES string of the molecule is CN=C(NCC1(O)CCC1)NC1CCN(C2CCCC2)C1.I. The van der Waals surface area contributed by atoms with Crippen LogP contribution in [-0.2, 0) is 0 Å². The minimum Gasteiger partial charge on any atom is -0.388 e. The molecular formula is C16H31IN4O. The molecule has 3 rings (SSSR count). The Morgan fingerprint density at radius 1 is 1.23 bits per heavy atom. The standard InChI is InChI=1S/C16H30N4O.HI/c1-17-15(18-12-16(21)8-4-9-16)19-13-7-10-20(11-13)14-5-2-3-6-14;/h13-14,21H,2-12H2,1H3,(H2,17,18,19);1H. The minimum atomic E-state index is -0.497. The summed E-state index contributed by atoms with van der Waals surface area (Å²) >= 11 is 0. The summed E-state index contributed by atoms with van der Waals surface area (Å²) < 4.78 is 0. The lowest BCUT2D eigenvalue weighted by atomic mass is 9.80. The molecule has 1 saturated heterocycles. The van der Waals surface area contributed by atoms with E-state index in [0.29, 0.717) is 12.6 Å². The summed E-state index contributed by atoms with van der Waals surface area (Å²) in [5.74, 6) is 0.841. The molecule has 0 amide bonds. The van der Waals surface area contributed by atoms with Crippen LogP contribution in [0.2, 0.25) is 0 Å². The molecule has 2 aliphatic carbocycles. The molecule has 0 aromatic rings. The van der Waals surface area contributed by atoms with Crippen LogP contribution in [0.25, 0.3) is 0 Å². The van der Waals surface area contributed by atoms with E-state index in [0.717, 1.165) is 37.8 Å². The monoisotopic (exact) mass is 422 g/mol. The average Bonchev–Trinajstić information content (AvgIpc) is 3.11. The smallest absolute Gasteiger partial charge is 0.191 e. The molecule has 3 fully saturated rings. The van der Waals surface area contributed by atoms with E-state index in [1.54, 1.807) is 0 Å². The van der Waals surface area contributed by atoms with Crippen molar-refractivity contribution in [1.29, 1.82) is 0 Å². The normalized spacial score (nSPS) is 29.0. The number of aliphatic imine (C=N–C) groups is 1. The van der Waals surface area contributed by atoms with Gasteiger partial charge in [0.2, 0.25) is 0 Å². The Morgan fingerprint density at radius 2 is 1.95 bits per heavy atom. The third kappa shape index (κ3) is 4.47. The number of hydrogen-bond acceptors (Lipinski definition) is 3. The molecule has 0 bridgehead atoms. The zero-order valence-corrected chi connectivity index (χ0v) is 16.0. The van der Waals surface area contributed by atoms with Crippen LogP contribution in [0.15, 0.2) is 4.99 Å². The van der Waals surface area contributed by atoms with Crippen LogP contribution in [-0.4, -0.2) is 60.3 Å². The molecule has 128 valence electrons. The molecule has 0 aromatic heterocycles. The second kappa shape index (κ2) is 8.15. The Kier molecular flexibility index (Phi) is 6.76. The van der Waals surface area contributed by atoms with Gasteiger partial charge >= 0.3 is 0 Å². The van der Waals surface area contributed by atoms with E-state index in [1.807, 2.05) is 7.05 Å². The molecule has 1 aliphatic heterocycles. The van der Waals surface area contributed by atoms with Gasteiger partial charge in [0.05, 0.1) is 5.60 Å². The highest BCUT2D eigenvalue weighted by Crippen LogP contribution is 2.30. The van der Waals surface area contributed by atoms with E-state index in [1.165, 1.54) is 38.6 Å². The topological polar surface area (TPSA) is 59.9 Å². The average molecular weight is 422 g/mol. The molecule has 0 spiro atoms. The van der Waals surface area contributed by atoms with Gasteiger partial charge in [-0.3, -0.25) is 9.89 Å². The van der Waals surface area contributed by atoms with E-state index >= 15 is 0 Å². The van der Waals surface area contributed by atoms with Crippen molar-refractivity contribution < 1.29 is 5.11 Å². The number of rotatable bonds is 4. The van der Waals surface area contributed by atoms with Crippen LogP contribution in [0, 0.1) is 0 Å². The van der Waals surface area contributed by atoms with Crippen LogP contribution in [0.4, 0.5) is 0 Å². The van der Waals surface area contributed by atoms with Gasteiger partial charge < -0.3 is 15.7 Å². The number of hydrogen-bond donors (Lipinski definition) is 3. The molecule has 1 heterocycles. The lowest BCUT2D eigenvalue weighted by molar-refractivity contribution is -0.0279. The quantitative estimate of drug-likeness (QED) is 0.367. The van der Waals surface area contributed by atoms with Crippen molar-refractivity contribution in [1.82, 2.24) is 15.5 Å². The molecule has 3 N–H and O–H groups in total. The van der Waals surface area contributed by atoms with Gasteiger partial charge in [0.1, 0.15) is 0 Å². The fourth-order valence-corrected chi connectivity index (χ4v) is 3.90. The molecule has 5 nitrogen and oxygen atoms in total. The van der Waals surface area contributed by atoms with Gasteiger partial charge in [-0.05, 0) is 38.5 Å². The molecule has 0 aromatic carbocycles. The fourth-order valence-electron chi connectivity index (χ4n) is 3.90. The zero-order valence-electron chi connectivity index (χ0n) is 13.7.